The van der Waals surface area contributed by atoms with Crippen molar-refractivity contribution in [3.8, 4) is 0 Å². The molecule has 1 unspecified atom stereocenters. The van der Waals surface area contributed by atoms with Crippen LogP contribution in [-0.2, 0) is 6.42 Å². The molecule has 1 aliphatic heterocycles. The second-order valence-corrected chi connectivity index (χ2v) is 4.54. The monoisotopic (exact) mass is 204 g/mol. The molecule has 0 spiro atoms. The SMILES string of the molecule is CC(Cc1cccc(N)c1)N1CCCC1. The van der Waals surface area contributed by atoms with E-state index in [9.17, 15) is 0 Å². The number of anilines is 1. The molecule has 2 nitrogen and oxygen atoms in total. The molecule has 1 saturated heterocycles. The van der Waals surface area contributed by atoms with Gasteiger partial charge in [-0.1, -0.05) is 12.1 Å². The molecule has 0 saturated carbocycles. The smallest absolute Gasteiger partial charge is 0.0316 e. The fraction of sp³-hybridized carbons (Fsp3) is 0.538. The molecule has 1 aromatic carbocycles. The van der Waals surface area contributed by atoms with Crippen molar-refractivity contribution in [3.05, 3.63) is 29.8 Å². The molecule has 2 rings (SSSR count). The molecule has 1 heterocycles. The van der Waals surface area contributed by atoms with Gasteiger partial charge in [-0.15, -0.1) is 0 Å². The normalized spacial score (nSPS) is 19.3. The summed E-state index contributed by atoms with van der Waals surface area (Å²) in [5.74, 6) is 0. The molecule has 0 radical (unpaired) electrons. The predicted octanol–water partition coefficient (Wildman–Crippen LogP) is 2.30. The van der Waals surface area contributed by atoms with Crippen LogP contribution in [0.5, 0.6) is 0 Å². The largest absolute Gasteiger partial charge is 0.399 e. The average Bonchev–Trinajstić information content (AvgIpc) is 2.70. The maximum atomic E-state index is 5.77. The van der Waals surface area contributed by atoms with Crippen LogP contribution < -0.4 is 5.73 Å². The molecule has 0 aromatic heterocycles. The molecule has 2 N–H and O–H groups in total. The van der Waals surface area contributed by atoms with Crippen molar-refractivity contribution in [2.45, 2.75) is 32.2 Å². The minimum Gasteiger partial charge on any atom is -0.399 e. The Morgan fingerprint density at radius 1 is 1.33 bits per heavy atom. The third kappa shape index (κ3) is 2.72. The van der Waals surface area contributed by atoms with E-state index >= 15 is 0 Å². The quantitative estimate of drug-likeness (QED) is 0.765. The molecule has 0 bridgehead atoms. The third-order valence-electron chi connectivity index (χ3n) is 3.25. The van der Waals surface area contributed by atoms with Gasteiger partial charge in [0.05, 0.1) is 0 Å². The van der Waals surface area contributed by atoms with Crippen molar-refractivity contribution in [1.82, 2.24) is 4.90 Å². The first-order valence-corrected chi connectivity index (χ1v) is 5.84. The summed E-state index contributed by atoms with van der Waals surface area (Å²) in [6.45, 7) is 4.85. The maximum Gasteiger partial charge on any atom is 0.0316 e. The molecule has 1 fully saturated rings. The number of hydrogen-bond donors (Lipinski definition) is 1. The van der Waals surface area contributed by atoms with Gasteiger partial charge in [0.2, 0.25) is 0 Å². The number of rotatable bonds is 3. The van der Waals surface area contributed by atoms with Crippen LogP contribution in [0.25, 0.3) is 0 Å². The number of nitrogens with two attached hydrogens (primary N) is 1. The van der Waals surface area contributed by atoms with Crippen molar-refractivity contribution in [2.24, 2.45) is 0 Å². The van der Waals surface area contributed by atoms with Crippen LogP contribution in [0.4, 0.5) is 5.69 Å². The van der Waals surface area contributed by atoms with Gasteiger partial charge < -0.3 is 10.6 Å². The molecule has 15 heavy (non-hydrogen) atoms. The zero-order chi connectivity index (χ0) is 10.7. The van der Waals surface area contributed by atoms with E-state index in [0.717, 1.165) is 12.1 Å². The molecule has 82 valence electrons. The van der Waals surface area contributed by atoms with Gasteiger partial charge in [-0.2, -0.15) is 0 Å². The highest BCUT2D eigenvalue weighted by Crippen LogP contribution is 2.16. The Morgan fingerprint density at radius 3 is 2.73 bits per heavy atom. The van der Waals surface area contributed by atoms with Crippen molar-refractivity contribution >= 4 is 5.69 Å². The lowest BCUT2D eigenvalue weighted by atomic mass is 10.1. The minimum atomic E-state index is 0.648. The second-order valence-electron chi connectivity index (χ2n) is 4.54. The minimum absolute atomic E-state index is 0.648. The maximum absolute atomic E-state index is 5.77. The fourth-order valence-electron chi connectivity index (χ4n) is 2.37. The van der Waals surface area contributed by atoms with Gasteiger partial charge >= 0.3 is 0 Å². The van der Waals surface area contributed by atoms with Gasteiger partial charge in [0, 0.05) is 11.7 Å². The van der Waals surface area contributed by atoms with Gasteiger partial charge in [-0.3, -0.25) is 0 Å². The summed E-state index contributed by atoms with van der Waals surface area (Å²) in [6, 6.07) is 8.90. The van der Waals surface area contributed by atoms with E-state index in [4.69, 9.17) is 5.73 Å². The Kier molecular flexibility index (Phi) is 3.27. The van der Waals surface area contributed by atoms with Crippen LogP contribution in [0.3, 0.4) is 0 Å². The average molecular weight is 204 g/mol. The van der Waals surface area contributed by atoms with Crippen molar-refractivity contribution in [1.29, 1.82) is 0 Å². The van der Waals surface area contributed by atoms with E-state index in [2.05, 4.69) is 24.0 Å². The molecule has 0 amide bonds. The van der Waals surface area contributed by atoms with Crippen molar-refractivity contribution < 1.29 is 0 Å². The number of nitrogen functional groups attached to an aromatic ring is 1. The Morgan fingerprint density at radius 2 is 2.07 bits per heavy atom. The first-order chi connectivity index (χ1) is 7.25. The fourth-order valence-corrected chi connectivity index (χ4v) is 2.37. The summed E-state index contributed by atoms with van der Waals surface area (Å²) in [5.41, 5.74) is 8.01. The van der Waals surface area contributed by atoms with Gasteiger partial charge in [0.1, 0.15) is 0 Å². The highest BCUT2D eigenvalue weighted by atomic mass is 15.2. The van der Waals surface area contributed by atoms with Crippen LogP contribution in [0.15, 0.2) is 24.3 Å². The van der Waals surface area contributed by atoms with E-state index < -0.39 is 0 Å². The number of hydrogen-bond acceptors (Lipinski definition) is 2. The summed E-state index contributed by atoms with van der Waals surface area (Å²) in [4.78, 5) is 2.57. The lowest BCUT2D eigenvalue weighted by Gasteiger charge is -2.23. The summed E-state index contributed by atoms with van der Waals surface area (Å²) < 4.78 is 0. The Balaban J connectivity index is 1.95. The molecular weight excluding hydrogens is 184 g/mol. The Hall–Kier alpha value is -1.02. The topological polar surface area (TPSA) is 29.3 Å². The van der Waals surface area contributed by atoms with Gasteiger partial charge in [0.15, 0.2) is 0 Å². The van der Waals surface area contributed by atoms with Gasteiger partial charge in [0.25, 0.3) is 0 Å². The lowest BCUT2D eigenvalue weighted by Crippen LogP contribution is -2.31. The summed E-state index contributed by atoms with van der Waals surface area (Å²) in [6.07, 6.45) is 3.84. The molecule has 1 atom stereocenters. The zero-order valence-electron chi connectivity index (χ0n) is 9.45. The van der Waals surface area contributed by atoms with E-state index in [1.165, 1.54) is 31.5 Å². The van der Waals surface area contributed by atoms with Crippen LogP contribution in [0, 0.1) is 0 Å². The van der Waals surface area contributed by atoms with E-state index in [1.807, 2.05) is 12.1 Å². The predicted molar refractivity (Wildman–Crippen MR) is 64.8 cm³/mol. The molecule has 2 heteroatoms. The highest BCUT2D eigenvalue weighted by molar-refractivity contribution is 5.40. The summed E-state index contributed by atoms with van der Waals surface area (Å²) in [5, 5.41) is 0. The lowest BCUT2D eigenvalue weighted by molar-refractivity contribution is 0.258. The Bertz CT molecular complexity index is 316. The molecule has 1 aromatic rings. The van der Waals surface area contributed by atoms with Crippen molar-refractivity contribution in [3.63, 3.8) is 0 Å². The number of likely N-dealkylation sites (tertiary alicyclic amines) is 1. The third-order valence-corrected chi connectivity index (χ3v) is 3.25. The van der Waals surface area contributed by atoms with Gasteiger partial charge in [-0.25, -0.2) is 0 Å². The number of benzene rings is 1. The standard InChI is InChI=1S/C13H20N2/c1-11(15-7-2-3-8-15)9-12-5-4-6-13(14)10-12/h4-6,10-11H,2-3,7-9,14H2,1H3. The van der Waals surface area contributed by atoms with E-state index in [1.54, 1.807) is 0 Å². The van der Waals surface area contributed by atoms with Crippen LogP contribution >= 0.6 is 0 Å². The molecule has 0 aliphatic carbocycles. The van der Waals surface area contributed by atoms with Crippen LogP contribution in [0.1, 0.15) is 25.3 Å². The first kappa shape index (κ1) is 10.5. The van der Waals surface area contributed by atoms with Gasteiger partial charge in [-0.05, 0) is 57.0 Å². The van der Waals surface area contributed by atoms with Crippen molar-refractivity contribution in [2.75, 3.05) is 18.8 Å². The first-order valence-electron chi connectivity index (χ1n) is 5.84. The van der Waals surface area contributed by atoms with Crippen LogP contribution in [0.2, 0.25) is 0 Å². The summed E-state index contributed by atoms with van der Waals surface area (Å²) >= 11 is 0. The van der Waals surface area contributed by atoms with Crippen LogP contribution in [-0.4, -0.2) is 24.0 Å². The zero-order valence-corrected chi connectivity index (χ0v) is 9.45. The van der Waals surface area contributed by atoms with E-state index in [0.29, 0.717) is 6.04 Å². The number of nitrogens with zero attached hydrogens (tertiary/aromatic N) is 1. The molecule has 1 aliphatic rings. The second kappa shape index (κ2) is 4.67. The summed E-state index contributed by atoms with van der Waals surface area (Å²) in [7, 11) is 0. The highest BCUT2D eigenvalue weighted by Gasteiger charge is 2.17. The van der Waals surface area contributed by atoms with E-state index in [-0.39, 0.29) is 0 Å². The molecular formula is C13H20N2. The Labute approximate surface area is 92.1 Å².